The van der Waals surface area contributed by atoms with Crippen molar-refractivity contribution in [1.29, 1.82) is 0 Å². The summed E-state index contributed by atoms with van der Waals surface area (Å²) in [6.45, 7) is 6.49. The van der Waals surface area contributed by atoms with Gasteiger partial charge in [0.05, 0.1) is 23.0 Å². The second-order valence-electron chi connectivity index (χ2n) is 6.65. The van der Waals surface area contributed by atoms with Crippen molar-refractivity contribution in [1.82, 2.24) is 14.8 Å². The molecule has 0 radical (unpaired) electrons. The van der Waals surface area contributed by atoms with Crippen LogP contribution in [0.3, 0.4) is 0 Å². The van der Waals surface area contributed by atoms with E-state index in [4.69, 9.17) is 9.94 Å². The molecule has 2 aliphatic heterocycles. The summed E-state index contributed by atoms with van der Waals surface area (Å²) in [5, 5.41) is 8.12. The minimum atomic E-state index is -0.120. The second kappa shape index (κ2) is 4.85. The lowest BCUT2D eigenvalue weighted by Gasteiger charge is -2.31. The first-order valence-corrected chi connectivity index (χ1v) is 8.67. The Morgan fingerprint density at radius 1 is 1.27 bits per heavy atom. The molecule has 2 aliphatic rings. The standard InChI is InChI=1S/C17H21N3OS/c1-11-14-15-13(17(2,3)21-19(15)4)10-22-16(14)20(18-11)12-8-6-5-7-9-12/h5-9,13,15H,10H2,1-4H3/t13-,15+/m1/s1. The zero-order valence-corrected chi connectivity index (χ0v) is 14.2. The molecule has 0 N–H and O–H groups in total. The van der Waals surface area contributed by atoms with Gasteiger partial charge in [-0.25, -0.2) is 4.68 Å². The molecule has 4 rings (SSSR count). The van der Waals surface area contributed by atoms with Crippen molar-refractivity contribution in [3.8, 4) is 5.69 Å². The maximum absolute atomic E-state index is 6.11. The molecule has 0 unspecified atom stereocenters. The molecule has 1 aromatic carbocycles. The number of para-hydroxylation sites is 1. The number of aryl methyl sites for hydroxylation is 1. The van der Waals surface area contributed by atoms with Crippen LogP contribution in [0.1, 0.15) is 31.1 Å². The molecule has 5 heteroatoms. The van der Waals surface area contributed by atoms with Crippen LogP contribution in [0.15, 0.2) is 35.4 Å². The molecular weight excluding hydrogens is 294 g/mol. The second-order valence-corrected chi connectivity index (χ2v) is 7.66. The first-order valence-electron chi connectivity index (χ1n) is 7.69. The lowest BCUT2D eigenvalue weighted by Crippen LogP contribution is -2.33. The highest BCUT2D eigenvalue weighted by atomic mass is 32.2. The van der Waals surface area contributed by atoms with Crippen LogP contribution in [-0.2, 0) is 4.84 Å². The van der Waals surface area contributed by atoms with Crippen molar-refractivity contribution < 1.29 is 4.84 Å². The lowest BCUT2D eigenvalue weighted by molar-refractivity contribution is -0.179. The maximum Gasteiger partial charge on any atom is 0.105 e. The summed E-state index contributed by atoms with van der Waals surface area (Å²) in [6.07, 6.45) is 0. The van der Waals surface area contributed by atoms with Crippen molar-refractivity contribution in [2.24, 2.45) is 5.92 Å². The fourth-order valence-corrected chi connectivity index (χ4v) is 5.33. The van der Waals surface area contributed by atoms with Crippen LogP contribution >= 0.6 is 11.8 Å². The van der Waals surface area contributed by atoms with E-state index in [0.717, 1.165) is 17.1 Å². The van der Waals surface area contributed by atoms with Crippen LogP contribution < -0.4 is 0 Å². The van der Waals surface area contributed by atoms with Gasteiger partial charge in [0, 0.05) is 24.3 Å². The smallest absolute Gasteiger partial charge is 0.105 e. The topological polar surface area (TPSA) is 30.3 Å². The molecule has 0 bridgehead atoms. The van der Waals surface area contributed by atoms with Gasteiger partial charge in [-0.1, -0.05) is 18.2 Å². The van der Waals surface area contributed by atoms with Crippen molar-refractivity contribution in [3.63, 3.8) is 0 Å². The fraction of sp³-hybridized carbons (Fsp3) is 0.471. The minimum Gasteiger partial charge on any atom is -0.292 e. The average Bonchev–Trinajstić information content (AvgIpc) is 2.95. The monoisotopic (exact) mass is 315 g/mol. The third kappa shape index (κ3) is 1.96. The molecule has 0 aliphatic carbocycles. The number of fused-ring (bicyclic) bond motifs is 3. The van der Waals surface area contributed by atoms with Gasteiger partial charge in [0.1, 0.15) is 5.03 Å². The molecule has 3 heterocycles. The number of thioether (sulfide) groups is 1. The fourth-order valence-electron chi connectivity index (χ4n) is 3.71. The number of hydroxylamine groups is 2. The molecule has 0 saturated carbocycles. The van der Waals surface area contributed by atoms with Crippen LogP contribution in [0.2, 0.25) is 0 Å². The highest BCUT2D eigenvalue weighted by Crippen LogP contribution is 2.53. The molecule has 4 nitrogen and oxygen atoms in total. The molecule has 2 aromatic rings. The number of benzene rings is 1. The summed E-state index contributed by atoms with van der Waals surface area (Å²) < 4.78 is 2.09. The normalized spacial score (nSPS) is 26.7. The Bertz CT molecular complexity index is 710. The molecule has 0 spiro atoms. The third-order valence-electron chi connectivity index (χ3n) is 4.80. The summed E-state index contributed by atoms with van der Waals surface area (Å²) >= 11 is 1.91. The average molecular weight is 315 g/mol. The van der Waals surface area contributed by atoms with Gasteiger partial charge in [0.25, 0.3) is 0 Å². The Kier molecular flexibility index (Phi) is 3.15. The van der Waals surface area contributed by atoms with E-state index >= 15 is 0 Å². The molecule has 116 valence electrons. The van der Waals surface area contributed by atoms with Crippen molar-refractivity contribution in [3.05, 3.63) is 41.6 Å². The Labute approximate surface area is 135 Å². The van der Waals surface area contributed by atoms with Gasteiger partial charge in [0.2, 0.25) is 0 Å². The third-order valence-corrected chi connectivity index (χ3v) is 6.00. The largest absolute Gasteiger partial charge is 0.292 e. The summed E-state index contributed by atoms with van der Waals surface area (Å²) in [6, 6.07) is 10.7. The molecule has 1 aromatic heterocycles. The number of rotatable bonds is 1. The van der Waals surface area contributed by atoms with Crippen LogP contribution in [0, 0.1) is 12.8 Å². The van der Waals surface area contributed by atoms with Gasteiger partial charge < -0.3 is 0 Å². The number of hydrogen-bond donors (Lipinski definition) is 0. The van der Waals surface area contributed by atoms with E-state index in [-0.39, 0.29) is 5.60 Å². The van der Waals surface area contributed by atoms with Gasteiger partial charge in [-0.15, -0.1) is 11.8 Å². The van der Waals surface area contributed by atoms with Crippen LogP contribution in [0.5, 0.6) is 0 Å². The lowest BCUT2D eigenvalue weighted by atomic mass is 9.84. The number of aromatic nitrogens is 2. The minimum absolute atomic E-state index is 0.120. The van der Waals surface area contributed by atoms with E-state index in [1.165, 1.54) is 10.6 Å². The Balaban J connectivity index is 1.85. The van der Waals surface area contributed by atoms with E-state index in [1.807, 2.05) is 29.9 Å². The van der Waals surface area contributed by atoms with Gasteiger partial charge in [-0.2, -0.15) is 10.2 Å². The van der Waals surface area contributed by atoms with Crippen LogP contribution in [-0.4, -0.2) is 33.2 Å². The predicted molar refractivity (Wildman–Crippen MR) is 88.2 cm³/mol. The van der Waals surface area contributed by atoms with E-state index in [9.17, 15) is 0 Å². The Morgan fingerprint density at radius 2 is 2.00 bits per heavy atom. The summed E-state index contributed by atoms with van der Waals surface area (Å²) in [5.74, 6) is 1.55. The van der Waals surface area contributed by atoms with E-state index in [2.05, 4.69) is 49.7 Å². The summed E-state index contributed by atoms with van der Waals surface area (Å²) in [5.41, 5.74) is 3.44. The Morgan fingerprint density at radius 3 is 2.73 bits per heavy atom. The van der Waals surface area contributed by atoms with E-state index in [1.54, 1.807) is 0 Å². The van der Waals surface area contributed by atoms with Crippen molar-refractivity contribution in [2.45, 2.75) is 37.4 Å². The van der Waals surface area contributed by atoms with Crippen LogP contribution in [0.4, 0.5) is 0 Å². The van der Waals surface area contributed by atoms with Crippen molar-refractivity contribution >= 4 is 11.8 Å². The molecule has 0 amide bonds. The highest BCUT2D eigenvalue weighted by molar-refractivity contribution is 7.99. The van der Waals surface area contributed by atoms with E-state index in [0.29, 0.717) is 12.0 Å². The SMILES string of the molecule is Cc1nn(-c2ccccc2)c2c1[C@@H]1[C@@H](CS2)C(C)(C)ON1C. The zero-order chi connectivity index (χ0) is 15.5. The first kappa shape index (κ1) is 14.3. The summed E-state index contributed by atoms with van der Waals surface area (Å²) in [7, 11) is 2.05. The summed E-state index contributed by atoms with van der Waals surface area (Å²) in [4.78, 5) is 6.11. The molecular formula is C17H21N3OS. The predicted octanol–water partition coefficient (Wildman–Crippen LogP) is 3.60. The number of nitrogens with zero attached hydrogens (tertiary/aromatic N) is 3. The molecule has 1 fully saturated rings. The highest BCUT2D eigenvalue weighted by Gasteiger charge is 2.52. The van der Waals surface area contributed by atoms with Gasteiger partial charge in [0.15, 0.2) is 0 Å². The van der Waals surface area contributed by atoms with Crippen molar-refractivity contribution in [2.75, 3.05) is 12.8 Å². The van der Waals surface area contributed by atoms with Gasteiger partial charge in [-0.3, -0.25) is 4.84 Å². The molecule has 2 atom stereocenters. The molecule has 22 heavy (non-hydrogen) atoms. The van der Waals surface area contributed by atoms with E-state index < -0.39 is 0 Å². The Hall–Kier alpha value is -1.30. The molecule has 1 saturated heterocycles. The maximum atomic E-state index is 6.11. The number of hydrogen-bond acceptors (Lipinski definition) is 4. The van der Waals surface area contributed by atoms with Crippen LogP contribution in [0.25, 0.3) is 5.69 Å². The van der Waals surface area contributed by atoms with Gasteiger partial charge >= 0.3 is 0 Å². The first-order chi connectivity index (χ1) is 10.5. The quantitative estimate of drug-likeness (QED) is 0.804. The zero-order valence-electron chi connectivity index (χ0n) is 13.4. The van der Waals surface area contributed by atoms with Gasteiger partial charge in [-0.05, 0) is 32.9 Å².